The van der Waals surface area contributed by atoms with Crippen LogP contribution < -0.4 is 10.6 Å². The van der Waals surface area contributed by atoms with E-state index < -0.39 is 5.25 Å². The quantitative estimate of drug-likeness (QED) is 0.488. The number of nitrogens with one attached hydrogen (secondary N) is 2. The number of amides is 2. The van der Waals surface area contributed by atoms with Crippen LogP contribution in [0.3, 0.4) is 0 Å². The molecule has 0 aliphatic carbocycles. The van der Waals surface area contributed by atoms with Crippen molar-refractivity contribution in [3.63, 3.8) is 0 Å². The molecule has 1 atom stereocenters. The van der Waals surface area contributed by atoms with E-state index >= 15 is 0 Å². The van der Waals surface area contributed by atoms with Crippen LogP contribution in [0.1, 0.15) is 39.2 Å². The van der Waals surface area contributed by atoms with E-state index in [1.165, 1.54) is 24.2 Å². The van der Waals surface area contributed by atoms with E-state index in [0.717, 1.165) is 24.9 Å². The molecule has 0 aliphatic rings. The molecule has 0 spiro atoms. The van der Waals surface area contributed by atoms with E-state index in [4.69, 9.17) is 0 Å². The van der Waals surface area contributed by atoms with Crippen LogP contribution in [-0.2, 0) is 16.0 Å². The summed E-state index contributed by atoms with van der Waals surface area (Å²) in [6.45, 7) is 5.43. The molecule has 31 heavy (non-hydrogen) atoms. The minimum Gasteiger partial charge on any atom is -0.326 e. The summed E-state index contributed by atoms with van der Waals surface area (Å²) in [5.74, 6) is -0.308. The lowest BCUT2D eigenvalue weighted by molar-refractivity contribution is -0.115. The number of benzene rings is 2. The summed E-state index contributed by atoms with van der Waals surface area (Å²) in [5.41, 5.74) is 3.46. The average molecular weight is 439 g/mol. The number of aromatic nitrogens is 4. The van der Waals surface area contributed by atoms with Crippen LogP contribution in [0.2, 0.25) is 0 Å². The number of hydrogen-bond donors (Lipinski definition) is 2. The zero-order chi connectivity index (χ0) is 22.2. The normalized spacial score (nSPS) is 11.7. The van der Waals surface area contributed by atoms with Gasteiger partial charge in [0.15, 0.2) is 0 Å². The Balaban J connectivity index is 1.62. The Morgan fingerprint density at radius 1 is 1.03 bits per heavy atom. The van der Waals surface area contributed by atoms with Crippen LogP contribution in [0.5, 0.6) is 0 Å². The Kier molecular flexibility index (Phi) is 7.77. The minimum absolute atomic E-state index is 0.143. The third-order valence-corrected chi connectivity index (χ3v) is 5.60. The fourth-order valence-electron chi connectivity index (χ4n) is 2.89. The molecule has 1 aromatic heterocycles. The molecule has 2 amide bonds. The second-order valence-corrected chi connectivity index (χ2v) is 8.46. The molecular weight excluding hydrogens is 412 g/mol. The van der Waals surface area contributed by atoms with Crippen LogP contribution in [-0.4, -0.2) is 37.3 Å². The topological polar surface area (TPSA) is 102 Å². The van der Waals surface area contributed by atoms with Crippen molar-refractivity contribution in [1.82, 2.24) is 20.2 Å². The molecule has 3 rings (SSSR count). The molecule has 8 nitrogen and oxygen atoms in total. The fraction of sp³-hybridized carbons (Fsp3) is 0.318. The van der Waals surface area contributed by atoms with Crippen molar-refractivity contribution in [3.8, 4) is 5.69 Å². The molecule has 0 fully saturated rings. The molecule has 2 aromatic carbocycles. The SMILES string of the molecule is CCCCc1ccc(-n2nnnc2S[C@H](C)C(=O)Nc2ccc(NC(C)=O)cc2)cc1. The highest BCUT2D eigenvalue weighted by molar-refractivity contribution is 8.00. The number of anilines is 2. The Bertz CT molecular complexity index is 1020. The summed E-state index contributed by atoms with van der Waals surface area (Å²) in [4.78, 5) is 23.7. The van der Waals surface area contributed by atoms with Gasteiger partial charge < -0.3 is 10.6 Å². The van der Waals surface area contributed by atoms with Crippen LogP contribution in [0.25, 0.3) is 5.69 Å². The highest BCUT2D eigenvalue weighted by atomic mass is 32.2. The van der Waals surface area contributed by atoms with Gasteiger partial charge in [0.1, 0.15) is 0 Å². The number of nitrogens with zero attached hydrogens (tertiary/aromatic N) is 4. The molecule has 0 aliphatic heterocycles. The van der Waals surface area contributed by atoms with E-state index in [-0.39, 0.29) is 11.8 Å². The lowest BCUT2D eigenvalue weighted by Crippen LogP contribution is -2.23. The van der Waals surface area contributed by atoms with Gasteiger partial charge in [0.2, 0.25) is 17.0 Å². The zero-order valence-electron chi connectivity index (χ0n) is 17.8. The molecule has 2 N–H and O–H groups in total. The maximum absolute atomic E-state index is 12.6. The summed E-state index contributed by atoms with van der Waals surface area (Å²) >= 11 is 1.29. The average Bonchev–Trinajstić information content (AvgIpc) is 3.21. The summed E-state index contributed by atoms with van der Waals surface area (Å²) in [6.07, 6.45) is 3.37. The molecule has 0 bridgehead atoms. The lowest BCUT2D eigenvalue weighted by Gasteiger charge is -2.12. The number of hydrogen-bond acceptors (Lipinski definition) is 6. The van der Waals surface area contributed by atoms with Gasteiger partial charge in [-0.1, -0.05) is 37.2 Å². The number of aryl methyl sites for hydroxylation is 1. The number of carbonyl (C=O) groups is 2. The molecule has 1 heterocycles. The van der Waals surface area contributed by atoms with Crippen molar-refractivity contribution in [2.24, 2.45) is 0 Å². The Morgan fingerprint density at radius 2 is 1.68 bits per heavy atom. The first-order valence-corrected chi connectivity index (χ1v) is 11.1. The minimum atomic E-state index is -0.413. The Morgan fingerprint density at radius 3 is 2.29 bits per heavy atom. The number of tetrazole rings is 1. The zero-order valence-corrected chi connectivity index (χ0v) is 18.6. The van der Waals surface area contributed by atoms with E-state index in [1.54, 1.807) is 35.9 Å². The van der Waals surface area contributed by atoms with Gasteiger partial charge in [0, 0.05) is 18.3 Å². The number of rotatable bonds is 9. The van der Waals surface area contributed by atoms with E-state index in [9.17, 15) is 9.59 Å². The number of unbranched alkanes of at least 4 members (excludes halogenated alkanes) is 1. The molecule has 0 unspecified atom stereocenters. The van der Waals surface area contributed by atoms with Crippen molar-refractivity contribution in [3.05, 3.63) is 54.1 Å². The van der Waals surface area contributed by atoms with Crippen molar-refractivity contribution in [1.29, 1.82) is 0 Å². The van der Waals surface area contributed by atoms with Gasteiger partial charge in [0.25, 0.3) is 0 Å². The van der Waals surface area contributed by atoms with Gasteiger partial charge in [-0.25, -0.2) is 0 Å². The van der Waals surface area contributed by atoms with Gasteiger partial charge in [0.05, 0.1) is 10.9 Å². The molecule has 0 saturated carbocycles. The van der Waals surface area contributed by atoms with E-state index in [0.29, 0.717) is 16.5 Å². The van der Waals surface area contributed by atoms with E-state index in [1.807, 2.05) is 12.1 Å². The van der Waals surface area contributed by atoms with Crippen molar-refractivity contribution < 1.29 is 9.59 Å². The summed E-state index contributed by atoms with van der Waals surface area (Å²) in [7, 11) is 0. The largest absolute Gasteiger partial charge is 0.326 e. The highest BCUT2D eigenvalue weighted by Crippen LogP contribution is 2.24. The third-order valence-electron chi connectivity index (χ3n) is 4.57. The first-order valence-electron chi connectivity index (χ1n) is 10.2. The van der Waals surface area contributed by atoms with Crippen molar-refractivity contribution >= 4 is 35.0 Å². The first kappa shape index (κ1) is 22.5. The predicted octanol–water partition coefficient (Wildman–Crippen LogP) is 4.08. The lowest BCUT2D eigenvalue weighted by atomic mass is 10.1. The molecular formula is C22H26N6O2S. The molecule has 0 radical (unpaired) electrons. The summed E-state index contributed by atoms with van der Waals surface area (Å²) in [5, 5.41) is 17.6. The van der Waals surface area contributed by atoms with E-state index in [2.05, 4.69) is 45.2 Å². The van der Waals surface area contributed by atoms with Crippen molar-refractivity contribution in [2.45, 2.75) is 50.4 Å². The monoisotopic (exact) mass is 438 g/mol. The predicted molar refractivity (Wildman–Crippen MR) is 122 cm³/mol. The smallest absolute Gasteiger partial charge is 0.237 e. The second-order valence-electron chi connectivity index (χ2n) is 7.15. The second kappa shape index (κ2) is 10.7. The van der Waals surface area contributed by atoms with Crippen LogP contribution in [0.15, 0.2) is 53.7 Å². The van der Waals surface area contributed by atoms with Gasteiger partial charge in [-0.15, -0.1) is 5.10 Å². The van der Waals surface area contributed by atoms with Crippen LogP contribution in [0.4, 0.5) is 11.4 Å². The van der Waals surface area contributed by atoms with Gasteiger partial charge in [-0.2, -0.15) is 4.68 Å². The fourth-order valence-corrected chi connectivity index (χ4v) is 3.70. The molecule has 0 saturated heterocycles. The van der Waals surface area contributed by atoms with Gasteiger partial charge >= 0.3 is 0 Å². The molecule has 162 valence electrons. The standard InChI is InChI=1S/C22H26N6O2S/c1-4-5-6-17-7-13-20(14-8-17)28-22(25-26-27-28)31-15(2)21(30)24-19-11-9-18(10-12-19)23-16(3)29/h7-15H,4-6H2,1-3H3,(H,23,29)(H,24,30)/t15-/m1/s1. The first-order chi connectivity index (χ1) is 15.0. The van der Waals surface area contributed by atoms with Gasteiger partial charge in [-0.05, 0) is 72.2 Å². The van der Waals surface area contributed by atoms with Gasteiger partial charge in [-0.3, -0.25) is 9.59 Å². The third kappa shape index (κ3) is 6.39. The van der Waals surface area contributed by atoms with Crippen molar-refractivity contribution in [2.75, 3.05) is 10.6 Å². The maximum Gasteiger partial charge on any atom is 0.237 e. The van der Waals surface area contributed by atoms with Crippen LogP contribution in [0, 0.1) is 0 Å². The highest BCUT2D eigenvalue weighted by Gasteiger charge is 2.19. The Hall–Kier alpha value is -3.20. The summed E-state index contributed by atoms with van der Waals surface area (Å²) < 4.78 is 1.64. The molecule has 3 aromatic rings. The van der Waals surface area contributed by atoms with Crippen LogP contribution >= 0.6 is 11.8 Å². The number of carbonyl (C=O) groups excluding carboxylic acids is 2. The Labute approximate surface area is 185 Å². The number of thioether (sulfide) groups is 1. The summed E-state index contributed by atoms with van der Waals surface area (Å²) in [6, 6.07) is 15.1. The maximum atomic E-state index is 12.6. The molecule has 9 heteroatoms.